The lowest BCUT2D eigenvalue weighted by Gasteiger charge is -2.28. The van der Waals surface area contributed by atoms with Crippen molar-refractivity contribution in [2.45, 2.75) is 53.1 Å². The zero-order valence-corrected chi connectivity index (χ0v) is 17.6. The van der Waals surface area contributed by atoms with Crippen molar-refractivity contribution in [2.24, 2.45) is 5.92 Å². The van der Waals surface area contributed by atoms with Gasteiger partial charge in [-0.2, -0.15) is 0 Å². The van der Waals surface area contributed by atoms with E-state index in [1.807, 2.05) is 26.8 Å². The first-order valence-corrected chi connectivity index (χ1v) is 10.2. The summed E-state index contributed by atoms with van der Waals surface area (Å²) >= 11 is 0. The Balaban J connectivity index is 2.14. The van der Waals surface area contributed by atoms with E-state index in [9.17, 15) is 14.0 Å². The molecular weight excluding hydrogens is 371 g/mol. The Bertz CT molecular complexity index is 757. The number of amides is 2. The molecule has 0 aliphatic carbocycles. The molecule has 0 saturated heterocycles. The summed E-state index contributed by atoms with van der Waals surface area (Å²) in [6.45, 7) is 7.29. The number of halogens is 1. The average Bonchev–Trinajstić information content (AvgIpc) is 3.19. The van der Waals surface area contributed by atoms with Crippen LogP contribution < -0.4 is 0 Å². The van der Waals surface area contributed by atoms with Crippen LogP contribution in [0.15, 0.2) is 47.1 Å². The van der Waals surface area contributed by atoms with E-state index in [4.69, 9.17) is 4.42 Å². The van der Waals surface area contributed by atoms with Crippen LogP contribution in [0.2, 0.25) is 0 Å². The SMILES string of the molecule is CCCCC(=O)N(CC(=O)N(Cc1ccc(F)cc1)Cc1ccco1)CC(C)C. The number of carbonyl (C=O) groups is 2. The van der Waals surface area contributed by atoms with Gasteiger partial charge in [0.05, 0.1) is 19.4 Å². The van der Waals surface area contributed by atoms with Gasteiger partial charge < -0.3 is 14.2 Å². The number of unbranched alkanes of at least 4 members (excludes halogenated alkanes) is 1. The smallest absolute Gasteiger partial charge is 0.242 e. The molecule has 2 amide bonds. The minimum Gasteiger partial charge on any atom is -0.467 e. The summed E-state index contributed by atoms with van der Waals surface area (Å²) in [5, 5.41) is 0. The first kappa shape index (κ1) is 22.7. The second-order valence-corrected chi connectivity index (χ2v) is 7.73. The van der Waals surface area contributed by atoms with Gasteiger partial charge in [0.2, 0.25) is 11.8 Å². The van der Waals surface area contributed by atoms with Gasteiger partial charge in [-0.1, -0.05) is 39.3 Å². The summed E-state index contributed by atoms with van der Waals surface area (Å²) in [5.74, 6) is 0.462. The Morgan fingerprint density at radius 3 is 2.34 bits per heavy atom. The van der Waals surface area contributed by atoms with Crippen LogP contribution in [0.25, 0.3) is 0 Å². The van der Waals surface area contributed by atoms with E-state index >= 15 is 0 Å². The van der Waals surface area contributed by atoms with Gasteiger partial charge in [-0.3, -0.25) is 9.59 Å². The number of benzene rings is 1. The fourth-order valence-electron chi connectivity index (χ4n) is 3.08. The average molecular weight is 403 g/mol. The number of hydrogen-bond acceptors (Lipinski definition) is 3. The van der Waals surface area contributed by atoms with E-state index in [0.717, 1.165) is 18.4 Å². The fraction of sp³-hybridized carbons (Fsp3) is 0.478. The Morgan fingerprint density at radius 2 is 1.76 bits per heavy atom. The lowest BCUT2D eigenvalue weighted by Crippen LogP contribution is -2.43. The van der Waals surface area contributed by atoms with Crippen LogP contribution in [0.1, 0.15) is 51.4 Å². The van der Waals surface area contributed by atoms with Crippen LogP contribution in [0.4, 0.5) is 4.39 Å². The van der Waals surface area contributed by atoms with Crippen molar-refractivity contribution in [2.75, 3.05) is 13.1 Å². The third-order valence-electron chi connectivity index (χ3n) is 4.57. The molecule has 0 bridgehead atoms. The molecule has 1 aromatic heterocycles. The minimum atomic E-state index is -0.317. The zero-order valence-electron chi connectivity index (χ0n) is 17.6. The van der Waals surface area contributed by atoms with Crippen molar-refractivity contribution < 1.29 is 18.4 Å². The highest BCUT2D eigenvalue weighted by molar-refractivity contribution is 5.84. The molecule has 0 unspecified atom stereocenters. The van der Waals surface area contributed by atoms with Gasteiger partial charge in [-0.05, 0) is 42.2 Å². The minimum absolute atomic E-state index is 0.00799. The molecule has 158 valence electrons. The highest BCUT2D eigenvalue weighted by Crippen LogP contribution is 2.14. The van der Waals surface area contributed by atoms with E-state index in [1.165, 1.54) is 12.1 Å². The van der Waals surface area contributed by atoms with E-state index < -0.39 is 0 Å². The maximum atomic E-state index is 13.2. The summed E-state index contributed by atoms with van der Waals surface area (Å²) in [5.41, 5.74) is 0.819. The van der Waals surface area contributed by atoms with Crippen molar-refractivity contribution in [1.29, 1.82) is 0 Å². The van der Waals surface area contributed by atoms with Gasteiger partial charge in [-0.25, -0.2) is 4.39 Å². The third-order valence-corrected chi connectivity index (χ3v) is 4.57. The van der Waals surface area contributed by atoms with Gasteiger partial charge in [0, 0.05) is 19.5 Å². The van der Waals surface area contributed by atoms with E-state index in [-0.39, 0.29) is 30.1 Å². The molecule has 6 heteroatoms. The van der Waals surface area contributed by atoms with Gasteiger partial charge in [0.15, 0.2) is 0 Å². The van der Waals surface area contributed by atoms with Gasteiger partial charge in [0.25, 0.3) is 0 Å². The molecule has 1 aromatic carbocycles. The van der Waals surface area contributed by atoms with E-state index in [2.05, 4.69) is 0 Å². The predicted molar refractivity (Wildman–Crippen MR) is 110 cm³/mol. The second kappa shape index (κ2) is 11.4. The van der Waals surface area contributed by atoms with Crippen molar-refractivity contribution in [3.05, 3.63) is 59.8 Å². The maximum absolute atomic E-state index is 13.2. The lowest BCUT2D eigenvalue weighted by atomic mass is 10.1. The predicted octanol–water partition coefficient (Wildman–Crippen LogP) is 4.62. The van der Waals surface area contributed by atoms with Crippen LogP contribution in [0, 0.1) is 11.7 Å². The first-order valence-electron chi connectivity index (χ1n) is 10.2. The standard InChI is InChI=1S/C23H31FN2O3/c1-4-5-8-22(27)25(14-18(2)3)17-23(28)26(16-21-7-6-13-29-21)15-19-9-11-20(24)12-10-19/h6-7,9-13,18H,4-5,8,14-17H2,1-3H3. The van der Waals surface area contributed by atoms with Gasteiger partial charge >= 0.3 is 0 Å². The Kier molecular flexibility index (Phi) is 8.90. The summed E-state index contributed by atoms with van der Waals surface area (Å²) in [6.07, 6.45) is 3.76. The molecule has 0 aliphatic heterocycles. The largest absolute Gasteiger partial charge is 0.467 e. The van der Waals surface area contributed by atoms with Crippen molar-refractivity contribution in [3.8, 4) is 0 Å². The summed E-state index contributed by atoms with van der Waals surface area (Å²) in [4.78, 5) is 29.0. The van der Waals surface area contributed by atoms with E-state index in [0.29, 0.717) is 31.8 Å². The van der Waals surface area contributed by atoms with Crippen molar-refractivity contribution in [1.82, 2.24) is 9.80 Å². The number of hydrogen-bond donors (Lipinski definition) is 0. The van der Waals surface area contributed by atoms with Crippen LogP contribution in [0.5, 0.6) is 0 Å². The summed E-state index contributed by atoms with van der Waals surface area (Å²) in [7, 11) is 0. The molecule has 0 saturated carbocycles. The molecule has 0 radical (unpaired) electrons. The molecule has 0 fully saturated rings. The Hall–Kier alpha value is -2.63. The Morgan fingerprint density at radius 1 is 1.03 bits per heavy atom. The van der Waals surface area contributed by atoms with Gasteiger partial charge in [0.1, 0.15) is 11.6 Å². The first-order chi connectivity index (χ1) is 13.9. The molecule has 0 atom stereocenters. The topological polar surface area (TPSA) is 53.8 Å². The summed E-state index contributed by atoms with van der Waals surface area (Å²) < 4.78 is 18.6. The van der Waals surface area contributed by atoms with Gasteiger partial charge in [-0.15, -0.1) is 0 Å². The number of carbonyl (C=O) groups excluding carboxylic acids is 2. The third kappa shape index (κ3) is 7.72. The number of rotatable bonds is 11. The highest BCUT2D eigenvalue weighted by atomic mass is 19.1. The lowest BCUT2D eigenvalue weighted by molar-refractivity contribution is -0.141. The fourth-order valence-corrected chi connectivity index (χ4v) is 3.08. The molecule has 5 nitrogen and oxygen atoms in total. The van der Waals surface area contributed by atoms with Crippen LogP contribution in [-0.2, 0) is 22.7 Å². The quantitative estimate of drug-likeness (QED) is 0.551. The molecule has 0 N–H and O–H groups in total. The number of nitrogens with zero attached hydrogens (tertiary/aromatic N) is 2. The number of furan rings is 1. The maximum Gasteiger partial charge on any atom is 0.242 e. The molecule has 2 aromatic rings. The van der Waals surface area contributed by atoms with Crippen LogP contribution >= 0.6 is 0 Å². The highest BCUT2D eigenvalue weighted by Gasteiger charge is 2.22. The molecule has 0 aliphatic rings. The van der Waals surface area contributed by atoms with E-state index in [1.54, 1.807) is 34.3 Å². The second-order valence-electron chi connectivity index (χ2n) is 7.73. The monoisotopic (exact) mass is 402 g/mol. The molecule has 29 heavy (non-hydrogen) atoms. The van der Waals surface area contributed by atoms with Crippen LogP contribution in [0.3, 0.4) is 0 Å². The summed E-state index contributed by atoms with van der Waals surface area (Å²) in [6, 6.07) is 9.67. The van der Waals surface area contributed by atoms with Crippen molar-refractivity contribution >= 4 is 11.8 Å². The normalized spacial score (nSPS) is 10.9. The molecular formula is C23H31FN2O3. The van der Waals surface area contributed by atoms with Crippen molar-refractivity contribution in [3.63, 3.8) is 0 Å². The molecule has 2 rings (SSSR count). The molecule has 1 heterocycles. The Labute approximate surface area is 172 Å². The zero-order chi connectivity index (χ0) is 21.2. The van der Waals surface area contributed by atoms with Crippen LogP contribution in [-0.4, -0.2) is 34.7 Å². The molecule has 0 spiro atoms.